The van der Waals surface area contributed by atoms with Crippen molar-refractivity contribution in [2.45, 2.75) is 32.4 Å². The molecule has 0 aliphatic carbocycles. The topological polar surface area (TPSA) is 86.2 Å². The Kier molecular flexibility index (Phi) is 3.62. The summed E-state index contributed by atoms with van der Waals surface area (Å²) < 4.78 is 27.9. The minimum atomic E-state index is -3.19. The normalized spacial score (nSPS) is 14.3. The van der Waals surface area contributed by atoms with Gasteiger partial charge in [-0.2, -0.15) is 0 Å². The van der Waals surface area contributed by atoms with E-state index in [0.29, 0.717) is 29.5 Å². The Hall–Kier alpha value is -1.04. The van der Waals surface area contributed by atoms with Gasteiger partial charge in [0.15, 0.2) is 21.4 Å². The molecule has 0 aliphatic heterocycles. The predicted molar refractivity (Wildman–Crippen MR) is 62.7 cm³/mol. The molecular formula is C10H18N2O3S. The van der Waals surface area contributed by atoms with Crippen molar-refractivity contribution < 1.29 is 12.9 Å². The molecule has 1 aromatic rings. The Bertz CT molecular complexity index is 462. The Morgan fingerprint density at radius 3 is 2.38 bits per heavy atom. The Balaban J connectivity index is 3.15. The van der Waals surface area contributed by atoms with Crippen LogP contribution in [0.2, 0.25) is 0 Å². The van der Waals surface area contributed by atoms with E-state index in [1.165, 1.54) is 6.26 Å². The SMILES string of the molecule is CC(C)Cc1c(N)noc1C(C)S(C)(=O)=O. The average molecular weight is 246 g/mol. The van der Waals surface area contributed by atoms with Gasteiger partial charge in [0.05, 0.1) is 0 Å². The Labute approximate surface area is 95.9 Å². The lowest BCUT2D eigenvalue weighted by atomic mass is 10.0. The first-order valence-corrected chi connectivity index (χ1v) is 7.11. The zero-order chi connectivity index (χ0) is 12.5. The highest BCUT2D eigenvalue weighted by molar-refractivity contribution is 7.90. The first-order valence-electron chi connectivity index (χ1n) is 5.16. The highest BCUT2D eigenvalue weighted by Gasteiger charge is 2.27. The van der Waals surface area contributed by atoms with E-state index in [1.807, 2.05) is 13.8 Å². The monoisotopic (exact) mass is 246 g/mol. The lowest BCUT2D eigenvalue weighted by molar-refractivity contribution is 0.381. The van der Waals surface area contributed by atoms with E-state index >= 15 is 0 Å². The lowest BCUT2D eigenvalue weighted by Gasteiger charge is -2.09. The number of nitrogen functional groups attached to an aromatic ring is 1. The van der Waals surface area contributed by atoms with Crippen LogP contribution in [0.3, 0.4) is 0 Å². The van der Waals surface area contributed by atoms with Crippen molar-refractivity contribution in [1.29, 1.82) is 0 Å². The third-order valence-corrected chi connectivity index (χ3v) is 3.97. The van der Waals surface area contributed by atoms with E-state index in [9.17, 15) is 8.42 Å². The summed E-state index contributed by atoms with van der Waals surface area (Å²) in [5, 5.41) is 2.94. The minimum absolute atomic E-state index is 0.291. The number of hydrogen-bond donors (Lipinski definition) is 1. The van der Waals surface area contributed by atoms with Crippen LogP contribution < -0.4 is 5.73 Å². The molecule has 2 N–H and O–H groups in total. The van der Waals surface area contributed by atoms with Gasteiger partial charge < -0.3 is 10.3 Å². The summed E-state index contributed by atoms with van der Waals surface area (Å²) in [5.41, 5.74) is 6.39. The molecule has 0 amide bonds. The smallest absolute Gasteiger partial charge is 0.170 e. The van der Waals surface area contributed by atoms with Gasteiger partial charge in [-0.1, -0.05) is 19.0 Å². The highest BCUT2D eigenvalue weighted by Crippen LogP contribution is 2.29. The van der Waals surface area contributed by atoms with Gasteiger partial charge in [-0.25, -0.2) is 8.42 Å². The summed E-state index contributed by atoms with van der Waals surface area (Å²) in [5.74, 6) is 1.03. The van der Waals surface area contributed by atoms with Gasteiger partial charge >= 0.3 is 0 Å². The second-order valence-corrected chi connectivity index (χ2v) is 6.85. The van der Waals surface area contributed by atoms with E-state index in [4.69, 9.17) is 10.3 Å². The van der Waals surface area contributed by atoms with Crippen molar-refractivity contribution in [2.24, 2.45) is 5.92 Å². The van der Waals surface area contributed by atoms with Gasteiger partial charge in [0, 0.05) is 11.8 Å². The average Bonchev–Trinajstić information content (AvgIpc) is 2.45. The minimum Gasteiger partial charge on any atom is -0.381 e. The van der Waals surface area contributed by atoms with Gasteiger partial charge in [0.25, 0.3) is 0 Å². The number of nitrogens with two attached hydrogens (primary N) is 1. The van der Waals surface area contributed by atoms with Gasteiger partial charge in [-0.3, -0.25) is 0 Å². The fourth-order valence-electron chi connectivity index (χ4n) is 1.46. The van der Waals surface area contributed by atoms with E-state index in [1.54, 1.807) is 6.92 Å². The molecule has 0 aliphatic rings. The van der Waals surface area contributed by atoms with Crippen LogP contribution in [-0.2, 0) is 16.3 Å². The molecule has 1 aromatic heterocycles. The fourth-order valence-corrected chi connectivity index (χ4v) is 2.04. The van der Waals surface area contributed by atoms with Crippen LogP contribution in [0, 0.1) is 5.92 Å². The lowest BCUT2D eigenvalue weighted by Crippen LogP contribution is -2.10. The summed E-state index contributed by atoms with van der Waals surface area (Å²) in [7, 11) is -3.19. The number of nitrogens with zero attached hydrogens (tertiary/aromatic N) is 1. The van der Waals surface area contributed by atoms with Crippen LogP contribution >= 0.6 is 0 Å². The molecule has 0 fully saturated rings. The van der Waals surface area contributed by atoms with Crippen molar-refractivity contribution in [3.8, 4) is 0 Å². The molecule has 5 nitrogen and oxygen atoms in total. The molecule has 0 spiro atoms. The van der Waals surface area contributed by atoms with E-state index in [-0.39, 0.29) is 0 Å². The van der Waals surface area contributed by atoms with Crippen LogP contribution in [0.4, 0.5) is 5.82 Å². The first kappa shape index (κ1) is 13.0. The number of aromatic nitrogens is 1. The molecule has 0 bridgehead atoms. The maximum absolute atomic E-state index is 11.5. The number of anilines is 1. The van der Waals surface area contributed by atoms with Crippen LogP contribution in [0.5, 0.6) is 0 Å². The summed E-state index contributed by atoms with van der Waals surface area (Å²) in [6.07, 6.45) is 1.85. The van der Waals surface area contributed by atoms with Crippen molar-refractivity contribution in [2.75, 3.05) is 12.0 Å². The quantitative estimate of drug-likeness (QED) is 0.871. The fraction of sp³-hybridized carbons (Fsp3) is 0.700. The molecule has 1 heterocycles. The van der Waals surface area contributed by atoms with Crippen molar-refractivity contribution >= 4 is 15.7 Å². The molecular weight excluding hydrogens is 228 g/mol. The predicted octanol–water partition coefficient (Wildman–Crippen LogP) is 1.56. The second-order valence-electron chi connectivity index (χ2n) is 4.48. The van der Waals surface area contributed by atoms with E-state index < -0.39 is 15.1 Å². The molecule has 1 unspecified atom stereocenters. The summed E-state index contributed by atoms with van der Waals surface area (Å²) in [6, 6.07) is 0. The molecule has 6 heteroatoms. The maximum Gasteiger partial charge on any atom is 0.170 e. The second kappa shape index (κ2) is 4.45. The Morgan fingerprint density at radius 2 is 1.94 bits per heavy atom. The summed E-state index contributed by atoms with van der Waals surface area (Å²) in [6.45, 7) is 5.64. The van der Waals surface area contributed by atoms with Crippen LogP contribution in [-0.4, -0.2) is 19.8 Å². The standard InChI is InChI=1S/C10H18N2O3S/c1-6(2)5-8-9(15-12-10(8)11)7(3)16(4,13)14/h6-7H,5H2,1-4H3,(H2,11,12). The van der Waals surface area contributed by atoms with Crippen LogP contribution in [0.25, 0.3) is 0 Å². The molecule has 1 atom stereocenters. The number of sulfone groups is 1. The molecule has 1 rings (SSSR count). The van der Waals surface area contributed by atoms with Crippen molar-refractivity contribution in [1.82, 2.24) is 5.16 Å². The molecule has 16 heavy (non-hydrogen) atoms. The molecule has 92 valence electrons. The van der Waals surface area contributed by atoms with Crippen LogP contribution in [0.15, 0.2) is 4.52 Å². The van der Waals surface area contributed by atoms with Gasteiger partial charge in [0.1, 0.15) is 5.25 Å². The molecule has 0 radical (unpaired) electrons. The zero-order valence-electron chi connectivity index (χ0n) is 10.0. The number of hydrogen-bond acceptors (Lipinski definition) is 5. The third kappa shape index (κ3) is 2.75. The molecule has 0 saturated heterocycles. The van der Waals surface area contributed by atoms with E-state index in [2.05, 4.69) is 5.16 Å². The van der Waals surface area contributed by atoms with E-state index in [0.717, 1.165) is 0 Å². The Morgan fingerprint density at radius 1 is 1.38 bits per heavy atom. The summed E-state index contributed by atoms with van der Waals surface area (Å²) in [4.78, 5) is 0. The van der Waals surface area contributed by atoms with Gasteiger partial charge in [0.2, 0.25) is 0 Å². The van der Waals surface area contributed by atoms with Crippen molar-refractivity contribution in [3.63, 3.8) is 0 Å². The number of rotatable bonds is 4. The first-order chi connectivity index (χ1) is 7.23. The van der Waals surface area contributed by atoms with Gasteiger partial charge in [-0.05, 0) is 19.3 Å². The zero-order valence-corrected chi connectivity index (χ0v) is 10.8. The van der Waals surface area contributed by atoms with Gasteiger partial charge in [-0.15, -0.1) is 0 Å². The largest absolute Gasteiger partial charge is 0.381 e. The highest BCUT2D eigenvalue weighted by atomic mass is 32.2. The third-order valence-electron chi connectivity index (χ3n) is 2.47. The maximum atomic E-state index is 11.5. The van der Waals surface area contributed by atoms with Crippen LogP contribution in [0.1, 0.15) is 37.3 Å². The summed E-state index contributed by atoms with van der Waals surface area (Å²) >= 11 is 0. The van der Waals surface area contributed by atoms with Crippen molar-refractivity contribution in [3.05, 3.63) is 11.3 Å². The molecule has 0 saturated carbocycles. The molecule has 0 aromatic carbocycles.